The van der Waals surface area contributed by atoms with Crippen LogP contribution < -0.4 is 10.0 Å². The summed E-state index contributed by atoms with van der Waals surface area (Å²) in [6.07, 6.45) is 3.12. The molecule has 0 atom stereocenters. The normalized spacial score (nSPS) is 11.3. The zero-order valence-electron chi connectivity index (χ0n) is 12.0. The first kappa shape index (κ1) is 15.4. The molecule has 6 nitrogen and oxygen atoms in total. The molecule has 0 aliphatic carbocycles. The summed E-state index contributed by atoms with van der Waals surface area (Å²) >= 11 is 0. The van der Waals surface area contributed by atoms with Gasteiger partial charge >= 0.3 is 0 Å². The predicted octanol–water partition coefficient (Wildman–Crippen LogP) is 1.70. The lowest BCUT2D eigenvalue weighted by molar-refractivity contribution is 0.580. The summed E-state index contributed by atoms with van der Waals surface area (Å²) in [6.45, 7) is 4.65. The third kappa shape index (κ3) is 3.99. The van der Waals surface area contributed by atoms with Gasteiger partial charge in [0.2, 0.25) is 10.0 Å². The van der Waals surface area contributed by atoms with Crippen LogP contribution in [0, 0.1) is 6.92 Å². The number of rotatable bonds is 6. The Bertz CT molecular complexity index is 716. The molecule has 112 valence electrons. The monoisotopic (exact) mass is 306 g/mol. The third-order valence-corrected chi connectivity index (χ3v) is 4.35. The van der Waals surface area contributed by atoms with Gasteiger partial charge in [-0.3, -0.25) is 4.98 Å². The molecule has 7 heteroatoms. The second kappa shape index (κ2) is 6.64. The minimum absolute atomic E-state index is 0.161. The molecule has 0 saturated carbocycles. The van der Waals surface area contributed by atoms with E-state index in [1.54, 1.807) is 6.20 Å². The number of hydrogen-bond acceptors (Lipinski definition) is 5. The van der Waals surface area contributed by atoms with Crippen LogP contribution >= 0.6 is 0 Å². The lowest BCUT2D eigenvalue weighted by Crippen LogP contribution is -2.24. The first-order valence-corrected chi connectivity index (χ1v) is 8.11. The molecule has 2 N–H and O–H groups in total. The topological polar surface area (TPSA) is 84.0 Å². The highest BCUT2D eigenvalue weighted by Gasteiger charge is 2.15. The van der Waals surface area contributed by atoms with Crippen LogP contribution in [0.25, 0.3) is 0 Å². The standard InChI is InChI=1S/C14H18N4O2S/c1-3-15-14-9-12(6-8-17-14)21(19,20)18-10-13-11(2)5-4-7-16-13/h4-9,18H,3,10H2,1-2H3,(H,15,17). The Morgan fingerprint density at radius 1 is 1.19 bits per heavy atom. The second-order valence-electron chi connectivity index (χ2n) is 4.50. The Balaban J connectivity index is 2.15. The van der Waals surface area contributed by atoms with E-state index in [1.807, 2.05) is 26.0 Å². The number of sulfonamides is 1. The Morgan fingerprint density at radius 2 is 2.00 bits per heavy atom. The van der Waals surface area contributed by atoms with Gasteiger partial charge in [-0.1, -0.05) is 6.07 Å². The molecular formula is C14H18N4O2S. The van der Waals surface area contributed by atoms with Gasteiger partial charge in [0.1, 0.15) is 5.82 Å². The van der Waals surface area contributed by atoms with Crippen LogP contribution in [0.1, 0.15) is 18.2 Å². The molecule has 0 unspecified atom stereocenters. The summed E-state index contributed by atoms with van der Waals surface area (Å²) in [4.78, 5) is 8.41. The van der Waals surface area contributed by atoms with Crippen LogP contribution in [0.15, 0.2) is 41.6 Å². The fraction of sp³-hybridized carbons (Fsp3) is 0.286. The van der Waals surface area contributed by atoms with Crippen molar-refractivity contribution < 1.29 is 8.42 Å². The van der Waals surface area contributed by atoms with Gasteiger partial charge in [0.25, 0.3) is 0 Å². The van der Waals surface area contributed by atoms with Crippen molar-refractivity contribution in [2.75, 3.05) is 11.9 Å². The number of nitrogens with one attached hydrogen (secondary N) is 2. The van der Waals surface area contributed by atoms with Crippen LogP contribution in [-0.4, -0.2) is 24.9 Å². The molecule has 21 heavy (non-hydrogen) atoms. The van der Waals surface area contributed by atoms with Crippen LogP contribution in [0.3, 0.4) is 0 Å². The van der Waals surface area contributed by atoms with Crippen molar-refractivity contribution in [3.05, 3.63) is 47.9 Å². The number of anilines is 1. The molecule has 0 radical (unpaired) electrons. The molecule has 0 aliphatic heterocycles. The van der Waals surface area contributed by atoms with Crippen molar-refractivity contribution in [2.24, 2.45) is 0 Å². The fourth-order valence-electron chi connectivity index (χ4n) is 1.81. The van der Waals surface area contributed by atoms with Gasteiger partial charge in [-0.25, -0.2) is 18.1 Å². The molecule has 0 fully saturated rings. The maximum atomic E-state index is 12.3. The van der Waals surface area contributed by atoms with E-state index in [4.69, 9.17) is 0 Å². The number of aryl methyl sites for hydroxylation is 1. The first-order chi connectivity index (χ1) is 10.0. The van der Waals surface area contributed by atoms with E-state index in [9.17, 15) is 8.42 Å². The van der Waals surface area contributed by atoms with E-state index in [-0.39, 0.29) is 11.4 Å². The SMILES string of the molecule is CCNc1cc(S(=O)(=O)NCc2ncccc2C)ccn1. The fourth-order valence-corrected chi connectivity index (χ4v) is 2.81. The van der Waals surface area contributed by atoms with E-state index in [1.165, 1.54) is 18.3 Å². The minimum Gasteiger partial charge on any atom is -0.370 e. The van der Waals surface area contributed by atoms with Crippen molar-refractivity contribution in [1.29, 1.82) is 0 Å². The molecule has 0 amide bonds. The van der Waals surface area contributed by atoms with Crippen LogP contribution in [0.2, 0.25) is 0 Å². The highest BCUT2D eigenvalue weighted by atomic mass is 32.2. The Morgan fingerprint density at radius 3 is 2.71 bits per heavy atom. The minimum atomic E-state index is -3.59. The number of nitrogens with zero attached hydrogens (tertiary/aromatic N) is 2. The van der Waals surface area contributed by atoms with Crippen LogP contribution in [0.5, 0.6) is 0 Å². The summed E-state index contributed by atoms with van der Waals surface area (Å²) in [5.74, 6) is 0.536. The van der Waals surface area contributed by atoms with Gasteiger partial charge in [0, 0.05) is 25.0 Å². The number of pyridine rings is 2. The molecule has 2 rings (SSSR count). The summed E-state index contributed by atoms with van der Waals surface area (Å²) in [5, 5.41) is 2.99. The molecule has 2 aromatic heterocycles. The molecule has 0 spiro atoms. The van der Waals surface area contributed by atoms with E-state index >= 15 is 0 Å². The van der Waals surface area contributed by atoms with Gasteiger partial charge < -0.3 is 5.32 Å². The zero-order valence-corrected chi connectivity index (χ0v) is 12.8. The van der Waals surface area contributed by atoms with Gasteiger partial charge in [-0.2, -0.15) is 0 Å². The van der Waals surface area contributed by atoms with Gasteiger partial charge in [0.15, 0.2) is 0 Å². The third-order valence-electron chi connectivity index (χ3n) is 2.95. The molecule has 0 aromatic carbocycles. The predicted molar refractivity (Wildman–Crippen MR) is 81.4 cm³/mol. The van der Waals surface area contributed by atoms with Crippen molar-refractivity contribution in [3.63, 3.8) is 0 Å². The van der Waals surface area contributed by atoms with Crippen molar-refractivity contribution >= 4 is 15.8 Å². The Hall–Kier alpha value is -1.99. The van der Waals surface area contributed by atoms with E-state index < -0.39 is 10.0 Å². The highest BCUT2D eigenvalue weighted by Crippen LogP contribution is 2.13. The van der Waals surface area contributed by atoms with E-state index in [2.05, 4.69) is 20.0 Å². The molecule has 2 aromatic rings. The second-order valence-corrected chi connectivity index (χ2v) is 6.27. The molecular weight excluding hydrogens is 288 g/mol. The largest absolute Gasteiger partial charge is 0.370 e. The quantitative estimate of drug-likeness (QED) is 0.848. The van der Waals surface area contributed by atoms with Gasteiger partial charge in [0.05, 0.1) is 17.1 Å². The van der Waals surface area contributed by atoms with Crippen molar-refractivity contribution in [1.82, 2.24) is 14.7 Å². The first-order valence-electron chi connectivity index (χ1n) is 6.63. The van der Waals surface area contributed by atoms with Gasteiger partial charge in [-0.05, 0) is 31.5 Å². The highest BCUT2D eigenvalue weighted by molar-refractivity contribution is 7.89. The molecule has 0 bridgehead atoms. The average Bonchev–Trinajstić information content (AvgIpc) is 2.47. The molecule has 2 heterocycles. The van der Waals surface area contributed by atoms with E-state index in [0.29, 0.717) is 18.1 Å². The lowest BCUT2D eigenvalue weighted by atomic mass is 10.2. The zero-order chi connectivity index (χ0) is 15.3. The summed E-state index contributed by atoms with van der Waals surface area (Å²) in [5.41, 5.74) is 1.66. The maximum absolute atomic E-state index is 12.3. The maximum Gasteiger partial charge on any atom is 0.241 e. The smallest absolute Gasteiger partial charge is 0.241 e. The summed E-state index contributed by atoms with van der Waals surface area (Å²) < 4.78 is 27.1. The number of hydrogen-bond donors (Lipinski definition) is 2. The summed E-state index contributed by atoms with van der Waals surface area (Å²) in [6, 6.07) is 6.69. The number of aromatic nitrogens is 2. The Kier molecular flexibility index (Phi) is 4.87. The van der Waals surface area contributed by atoms with E-state index in [0.717, 1.165) is 5.56 Å². The van der Waals surface area contributed by atoms with Crippen LogP contribution in [-0.2, 0) is 16.6 Å². The molecule has 0 aliphatic rings. The van der Waals surface area contributed by atoms with Crippen molar-refractivity contribution in [3.8, 4) is 0 Å². The van der Waals surface area contributed by atoms with Crippen LogP contribution in [0.4, 0.5) is 5.82 Å². The van der Waals surface area contributed by atoms with Crippen molar-refractivity contribution in [2.45, 2.75) is 25.3 Å². The summed E-state index contributed by atoms with van der Waals surface area (Å²) in [7, 11) is -3.59. The van der Waals surface area contributed by atoms with Gasteiger partial charge in [-0.15, -0.1) is 0 Å². The average molecular weight is 306 g/mol. The molecule has 0 saturated heterocycles. The lowest BCUT2D eigenvalue weighted by Gasteiger charge is -2.09. The Labute approximate surface area is 124 Å².